The Balaban J connectivity index is 2.56. The molecular formula is C11H14N2O4. The summed E-state index contributed by atoms with van der Waals surface area (Å²) in [5, 5.41) is 11.0. The third-order valence-electron chi connectivity index (χ3n) is 1.90. The summed E-state index contributed by atoms with van der Waals surface area (Å²) in [4.78, 5) is 21.5. The molecule has 1 aromatic rings. The molecule has 1 amide bonds. The van der Waals surface area contributed by atoms with Crippen LogP contribution >= 0.6 is 0 Å². The summed E-state index contributed by atoms with van der Waals surface area (Å²) in [5.74, 6) is -0.908. The standard InChI is InChI=1S/C11H14N2O4/c1-7(12)11(16)13-8-2-4-9(5-3-8)17-6-10(14)15/h2-5,7H,6,12H2,1H3,(H,13,16)(H,14,15)/t7-/m1/s1. The lowest BCUT2D eigenvalue weighted by atomic mass is 10.2. The summed E-state index contributed by atoms with van der Waals surface area (Å²) in [6, 6.07) is 5.77. The van der Waals surface area contributed by atoms with Crippen molar-refractivity contribution in [1.82, 2.24) is 0 Å². The van der Waals surface area contributed by atoms with Gasteiger partial charge in [0.25, 0.3) is 0 Å². The number of benzene rings is 1. The summed E-state index contributed by atoms with van der Waals surface area (Å²) in [5.41, 5.74) is 5.97. The number of carboxylic acids is 1. The van der Waals surface area contributed by atoms with Gasteiger partial charge in [0.15, 0.2) is 6.61 Å². The smallest absolute Gasteiger partial charge is 0.341 e. The van der Waals surface area contributed by atoms with Gasteiger partial charge in [0, 0.05) is 5.69 Å². The number of nitrogens with one attached hydrogen (secondary N) is 1. The molecule has 0 aliphatic carbocycles. The Hall–Kier alpha value is -2.08. The summed E-state index contributed by atoms with van der Waals surface area (Å²) < 4.78 is 4.94. The van der Waals surface area contributed by atoms with Crippen LogP contribution in [0.25, 0.3) is 0 Å². The molecule has 0 saturated carbocycles. The number of carbonyl (C=O) groups is 2. The summed E-state index contributed by atoms with van der Waals surface area (Å²) in [7, 11) is 0. The van der Waals surface area contributed by atoms with Crippen molar-refractivity contribution in [3.05, 3.63) is 24.3 Å². The van der Waals surface area contributed by atoms with Crippen LogP contribution in [0.3, 0.4) is 0 Å². The molecular weight excluding hydrogens is 224 g/mol. The molecule has 0 spiro atoms. The zero-order valence-electron chi connectivity index (χ0n) is 9.34. The number of anilines is 1. The highest BCUT2D eigenvalue weighted by Crippen LogP contribution is 2.15. The number of hydrogen-bond acceptors (Lipinski definition) is 4. The molecule has 0 aliphatic heterocycles. The number of hydrogen-bond donors (Lipinski definition) is 3. The maximum Gasteiger partial charge on any atom is 0.341 e. The molecule has 1 atom stereocenters. The number of nitrogens with two attached hydrogens (primary N) is 1. The first-order valence-corrected chi connectivity index (χ1v) is 5.00. The normalized spacial score (nSPS) is 11.6. The van der Waals surface area contributed by atoms with Crippen molar-refractivity contribution >= 4 is 17.6 Å². The first-order valence-electron chi connectivity index (χ1n) is 5.00. The van der Waals surface area contributed by atoms with Crippen LogP contribution in [0, 0.1) is 0 Å². The number of amides is 1. The fraction of sp³-hybridized carbons (Fsp3) is 0.273. The fourth-order valence-corrected chi connectivity index (χ4v) is 1.04. The summed E-state index contributed by atoms with van der Waals surface area (Å²) in [6.45, 7) is 1.19. The van der Waals surface area contributed by atoms with E-state index in [4.69, 9.17) is 15.6 Å². The lowest BCUT2D eigenvalue weighted by Crippen LogP contribution is -2.32. The Kier molecular flexibility index (Phi) is 4.47. The molecule has 6 nitrogen and oxygen atoms in total. The molecule has 0 radical (unpaired) electrons. The molecule has 6 heteroatoms. The second-order valence-corrected chi connectivity index (χ2v) is 3.48. The highest BCUT2D eigenvalue weighted by molar-refractivity contribution is 5.94. The van der Waals surface area contributed by atoms with Gasteiger partial charge >= 0.3 is 5.97 Å². The summed E-state index contributed by atoms with van der Waals surface area (Å²) >= 11 is 0. The van der Waals surface area contributed by atoms with Crippen LogP contribution in [0.1, 0.15) is 6.92 Å². The van der Waals surface area contributed by atoms with E-state index in [1.165, 1.54) is 0 Å². The molecule has 0 aliphatic rings. The van der Waals surface area contributed by atoms with Gasteiger partial charge in [0.2, 0.25) is 5.91 Å². The van der Waals surface area contributed by atoms with Gasteiger partial charge in [-0.05, 0) is 31.2 Å². The molecule has 4 N–H and O–H groups in total. The lowest BCUT2D eigenvalue weighted by Gasteiger charge is -2.08. The Bertz CT molecular complexity index is 400. The monoisotopic (exact) mass is 238 g/mol. The van der Waals surface area contributed by atoms with Crippen LogP contribution in [0.15, 0.2) is 24.3 Å². The fourth-order valence-electron chi connectivity index (χ4n) is 1.04. The van der Waals surface area contributed by atoms with Crippen molar-refractivity contribution in [2.45, 2.75) is 13.0 Å². The van der Waals surface area contributed by atoms with Gasteiger partial charge in [-0.3, -0.25) is 4.79 Å². The predicted octanol–water partition coefficient (Wildman–Crippen LogP) is 0.436. The Morgan fingerprint density at radius 3 is 2.47 bits per heavy atom. The zero-order chi connectivity index (χ0) is 12.8. The van der Waals surface area contributed by atoms with Gasteiger partial charge in [-0.2, -0.15) is 0 Å². The second kappa shape index (κ2) is 5.86. The van der Waals surface area contributed by atoms with Crippen molar-refractivity contribution in [2.24, 2.45) is 5.73 Å². The molecule has 1 rings (SSSR count). The maximum absolute atomic E-state index is 11.3. The Labute approximate surface area is 98.4 Å². The molecule has 0 fully saturated rings. The Morgan fingerprint density at radius 1 is 1.41 bits per heavy atom. The van der Waals surface area contributed by atoms with E-state index in [0.29, 0.717) is 11.4 Å². The average molecular weight is 238 g/mol. The second-order valence-electron chi connectivity index (χ2n) is 3.48. The topological polar surface area (TPSA) is 102 Å². The van der Waals surface area contributed by atoms with E-state index >= 15 is 0 Å². The molecule has 17 heavy (non-hydrogen) atoms. The molecule has 0 saturated heterocycles. The highest BCUT2D eigenvalue weighted by atomic mass is 16.5. The van der Waals surface area contributed by atoms with Crippen LogP contribution in [0.2, 0.25) is 0 Å². The van der Waals surface area contributed by atoms with Crippen molar-refractivity contribution in [3.8, 4) is 5.75 Å². The minimum absolute atomic E-state index is 0.288. The minimum Gasteiger partial charge on any atom is -0.482 e. The average Bonchev–Trinajstić information content (AvgIpc) is 2.28. The number of carboxylic acid groups (broad SMARTS) is 1. The number of carbonyl (C=O) groups excluding carboxylic acids is 1. The van der Waals surface area contributed by atoms with Gasteiger partial charge in [0.05, 0.1) is 6.04 Å². The highest BCUT2D eigenvalue weighted by Gasteiger charge is 2.07. The van der Waals surface area contributed by atoms with Gasteiger partial charge in [-0.25, -0.2) is 4.79 Å². The van der Waals surface area contributed by atoms with E-state index in [0.717, 1.165) is 0 Å². The third kappa shape index (κ3) is 4.52. The van der Waals surface area contributed by atoms with Gasteiger partial charge in [0.1, 0.15) is 5.75 Å². The first-order chi connectivity index (χ1) is 7.99. The van der Waals surface area contributed by atoms with Gasteiger partial charge in [-0.1, -0.05) is 0 Å². The molecule has 92 valence electrons. The van der Waals surface area contributed by atoms with E-state index in [2.05, 4.69) is 5.32 Å². The van der Waals surface area contributed by atoms with Gasteiger partial charge in [-0.15, -0.1) is 0 Å². The van der Waals surface area contributed by atoms with Crippen LogP contribution in [0.4, 0.5) is 5.69 Å². The molecule has 0 bridgehead atoms. The maximum atomic E-state index is 11.3. The van der Waals surface area contributed by atoms with Crippen LogP contribution in [-0.4, -0.2) is 29.6 Å². The van der Waals surface area contributed by atoms with Crippen molar-refractivity contribution in [2.75, 3.05) is 11.9 Å². The van der Waals surface area contributed by atoms with Crippen molar-refractivity contribution in [1.29, 1.82) is 0 Å². The molecule has 0 unspecified atom stereocenters. The molecule has 0 aromatic heterocycles. The van der Waals surface area contributed by atoms with Crippen molar-refractivity contribution < 1.29 is 19.4 Å². The van der Waals surface area contributed by atoms with E-state index in [1.54, 1.807) is 31.2 Å². The van der Waals surface area contributed by atoms with Crippen LogP contribution < -0.4 is 15.8 Å². The van der Waals surface area contributed by atoms with Crippen LogP contribution in [-0.2, 0) is 9.59 Å². The van der Waals surface area contributed by atoms with E-state index in [-0.39, 0.29) is 5.91 Å². The molecule has 0 heterocycles. The molecule has 1 aromatic carbocycles. The quantitative estimate of drug-likeness (QED) is 0.690. The number of aliphatic carboxylic acids is 1. The first kappa shape index (κ1) is 13.0. The van der Waals surface area contributed by atoms with E-state index < -0.39 is 18.6 Å². The van der Waals surface area contributed by atoms with Gasteiger partial charge < -0.3 is 20.9 Å². The lowest BCUT2D eigenvalue weighted by molar-refractivity contribution is -0.139. The number of ether oxygens (including phenoxy) is 1. The van der Waals surface area contributed by atoms with Crippen LogP contribution in [0.5, 0.6) is 5.75 Å². The van der Waals surface area contributed by atoms with Crippen molar-refractivity contribution in [3.63, 3.8) is 0 Å². The number of rotatable bonds is 5. The largest absolute Gasteiger partial charge is 0.482 e. The van der Waals surface area contributed by atoms with E-state index in [9.17, 15) is 9.59 Å². The Morgan fingerprint density at radius 2 is 2.00 bits per heavy atom. The third-order valence-corrected chi connectivity index (χ3v) is 1.90. The summed E-state index contributed by atoms with van der Waals surface area (Å²) in [6.07, 6.45) is 0. The van der Waals surface area contributed by atoms with E-state index in [1.807, 2.05) is 0 Å². The SMILES string of the molecule is C[C@@H](N)C(=O)Nc1ccc(OCC(=O)O)cc1. The zero-order valence-corrected chi connectivity index (χ0v) is 9.34. The minimum atomic E-state index is -1.04. The predicted molar refractivity (Wildman–Crippen MR) is 61.9 cm³/mol.